The van der Waals surface area contributed by atoms with Crippen LogP contribution in [0.15, 0.2) is 54.6 Å². The minimum atomic E-state index is -0.442. The first-order valence-electron chi connectivity index (χ1n) is 10.2. The predicted octanol–water partition coefficient (Wildman–Crippen LogP) is 2.44. The third kappa shape index (κ3) is 9.67. The van der Waals surface area contributed by atoms with Gasteiger partial charge in [-0.2, -0.15) is 0 Å². The maximum Gasteiger partial charge on any atom is 0.306 e. The highest BCUT2D eigenvalue weighted by molar-refractivity contribution is 7.80. The van der Waals surface area contributed by atoms with E-state index in [1.807, 2.05) is 30.3 Å². The van der Waals surface area contributed by atoms with Gasteiger partial charge in [0.25, 0.3) is 5.91 Å². The van der Waals surface area contributed by atoms with Gasteiger partial charge in [-0.25, -0.2) is 0 Å². The molecule has 170 valence electrons. The fourth-order valence-corrected chi connectivity index (χ4v) is 2.91. The minimum Gasteiger partial charge on any atom is -0.465 e. The maximum absolute atomic E-state index is 12.1. The fourth-order valence-electron chi connectivity index (χ4n) is 2.67. The lowest BCUT2D eigenvalue weighted by Crippen LogP contribution is -2.34. The van der Waals surface area contributed by atoms with E-state index in [9.17, 15) is 14.4 Å². The Kier molecular flexibility index (Phi) is 10.8. The van der Waals surface area contributed by atoms with E-state index in [0.717, 1.165) is 5.56 Å². The van der Waals surface area contributed by atoms with Crippen molar-refractivity contribution < 1.29 is 23.9 Å². The largest absolute Gasteiger partial charge is 0.465 e. The van der Waals surface area contributed by atoms with Crippen LogP contribution in [0.3, 0.4) is 0 Å². The molecule has 0 radical (unpaired) electrons. The molecule has 0 aromatic heterocycles. The number of esters is 1. The summed E-state index contributed by atoms with van der Waals surface area (Å²) in [7, 11) is 1.56. The first kappa shape index (κ1) is 25.0. The molecule has 2 rings (SSSR count). The molecule has 0 aliphatic carbocycles. The Morgan fingerprint density at radius 1 is 0.969 bits per heavy atom. The lowest BCUT2D eigenvalue weighted by atomic mass is 10.2. The number of anilines is 1. The number of benzene rings is 2. The van der Waals surface area contributed by atoms with Gasteiger partial charge < -0.3 is 25.4 Å². The van der Waals surface area contributed by atoms with Gasteiger partial charge in [0.15, 0.2) is 5.11 Å². The summed E-state index contributed by atoms with van der Waals surface area (Å²) in [6.45, 7) is 1.08. The van der Waals surface area contributed by atoms with Gasteiger partial charge in [0.2, 0.25) is 5.91 Å². The first-order chi connectivity index (χ1) is 15.5. The van der Waals surface area contributed by atoms with Crippen LogP contribution in [-0.4, -0.2) is 49.8 Å². The molecule has 0 heterocycles. The molecule has 0 unspecified atom stereocenters. The van der Waals surface area contributed by atoms with E-state index in [1.54, 1.807) is 31.4 Å². The summed E-state index contributed by atoms with van der Waals surface area (Å²) in [5.74, 6) is -1.09. The summed E-state index contributed by atoms with van der Waals surface area (Å²) < 4.78 is 10.1. The smallest absolute Gasteiger partial charge is 0.306 e. The van der Waals surface area contributed by atoms with Crippen LogP contribution in [0.25, 0.3) is 0 Å². The van der Waals surface area contributed by atoms with Crippen LogP contribution in [0.1, 0.15) is 28.8 Å². The Balaban J connectivity index is 1.69. The van der Waals surface area contributed by atoms with Crippen LogP contribution in [0.4, 0.5) is 5.69 Å². The topological polar surface area (TPSA) is 106 Å². The van der Waals surface area contributed by atoms with Crippen LogP contribution in [0.5, 0.6) is 0 Å². The summed E-state index contributed by atoms with van der Waals surface area (Å²) >= 11 is 5.13. The summed E-state index contributed by atoms with van der Waals surface area (Å²) in [5, 5.41) is 8.17. The second kappa shape index (κ2) is 13.9. The maximum atomic E-state index is 12.1. The quantitative estimate of drug-likeness (QED) is 0.270. The highest BCUT2D eigenvalue weighted by Crippen LogP contribution is 2.10. The van der Waals surface area contributed by atoms with Gasteiger partial charge in [-0.3, -0.25) is 14.4 Å². The molecule has 0 aliphatic heterocycles. The van der Waals surface area contributed by atoms with Gasteiger partial charge in [0, 0.05) is 37.7 Å². The predicted molar refractivity (Wildman–Crippen MR) is 125 cm³/mol. The van der Waals surface area contributed by atoms with Crippen molar-refractivity contribution in [2.75, 3.05) is 32.2 Å². The van der Waals surface area contributed by atoms with Crippen LogP contribution < -0.4 is 16.0 Å². The van der Waals surface area contributed by atoms with Crippen LogP contribution >= 0.6 is 12.2 Å². The van der Waals surface area contributed by atoms with E-state index in [-0.39, 0.29) is 30.5 Å². The summed E-state index contributed by atoms with van der Waals surface area (Å²) in [5.41, 5.74) is 2.07. The second-order valence-electron chi connectivity index (χ2n) is 6.79. The first-order valence-corrected chi connectivity index (χ1v) is 10.6. The molecule has 2 aromatic carbocycles. The monoisotopic (exact) mass is 457 g/mol. The number of hydrogen-bond acceptors (Lipinski definition) is 6. The number of carbonyl (C=O) groups is 3. The van der Waals surface area contributed by atoms with Crippen LogP contribution in [0, 0.1) is 0 Å². The molecule has 0 atom stereocenters. The van der Waals surface area contributed by atoms with Crippen molar-refractivity contribution in [3.63, 3.8) is 0 Å². The minimum absolute atomic E-state index is 0.0413. The normalized spacial score (nSPS) is 10.2. The molecule has 0 bridgehead atoms. The van der Waals surface area contributed by atoms with E-state index in [0.29, 0.717) is 30.8 Å². The SMILES string of the molecule is COCCNC(=O)c1cccc(NC(=S)NC(=O)CCC(=O)OCCc2ccccc2)c1. The standard InChI is InChI=1S/C23H27N3O5S/c1-30-15-13-24-22(29)18-8-5-9-19(16-18)25-23(32)26-20(27)10-11-21(28)31-14-12-17-6-3-2-4-7-17/h2-9,16H,10-15H2,1H3,(H,24,29)(H2,25,26,27,32). The zero-order valence-electron chi connectivity index (χ0n) is 17.9. The van der Waals surface area contributed by atoms with Crippen molar-refractivity contribution in [2.24, 2.45) is 0 Å². The van der Waals surface area contributed by atoms with Gasteiger partial charge in [-0.05, 0) is 36.0 Å². The number of rotatable bonds is 11. The third-order valence-electron chi connectivity index (χ3n) is 4.28. The molecular weight excluding hydrogens is 430 g/mol. The van der Waals surface area contributed by atoms with E-state index < -0.39 is 11.9 Å². The third-order valence-corrected chi connectivity index (χ3v) is 4.48. The Morgan fingerprint density at radius 3 is 2.50 bits per heavy atom. The van der Waals surface area contributed by atoms with Crippen molar-refractivity contribution in [3.8, 4) is 0 Å². The van der Waals surface area contributed by atoms with Gasteiger partial charge >= 0.3 is 5.97 Å². The average molecular weight is 458 g/mol. The average Bonchev–Trinajstić information content (AvgIpc) is 2.78. The second-order valence-corrected chi connectivity index (χ2v) is 7.20. The van der Waals surface area contributed by atoms with E-state index in [1.165, 1.54) is 0 Å². The van der Waals surface area contributed by atoms with Crippen LogP contribution in [-0.2, 0) is 25.5 Å². The van der Waals surface area contributed by atoms with Crippen molar-refractivity contribution in [1.82, 2.24) is 10.6 Å². The lowest BCUT2D eigenvalue weighted by Gasteiger charge is -2.11. The van der Waals surface area contributed by atoms with E-state index in [2.05, 4.69) is 16.0 Å². The zero-order chi connectivity index (χ0) is 23.2. The molecule has 0 saturated heterocycles. The Labute approximate surface area is 192 Å². The summed E-state index contributed by atoms with van der Waals surface area (Å²) in [4.78, 5) is 36.0. The molecule has 32 heavy (non-hydrogen) atoms. The van der Waals surface area contributed by atoms with Gasteiger partial charge in [-0.1, -0.05) is 36.4 Å². The highest BCUT2D eigenvalue weighted by Gasteiger charge is 2.11. The number of amides is 2. The van der Waals surface area contributed by atoms with Gasteiger partial charge in [0.1, 0.15) is 0 Å². The van der Waals surface area contributed by atoms with Gasteiger partial charge in [0.05, 0.1) is 19.6 Å². The molecular formula is C23H27N3O5S. The molecule has 0 spiro atoms. The number of nitrogens with one attached hydrogen (secondary N) is 3. The lowest BCUT2D eigenvalue weighted by molar-refractivity contribution is -0.144. The van der Waals surface area contributed by atoms with Crippen molar-refractivity contribution in [3.05, 3.63) is 65.7 Å². The van der Waals surface area contributed by atoms with Crippen molar-refractivity contribution >= 4 is 40.8 Å². The summed E-state index contributed by atoms with van der Waals surface area (Å²) in [6.07, 6.45) is 0.532. The fraction of sp³-hybridized carbons (Fsp3) is 0.304. The van der Waals surface area contributed by atoms with E-state index >= 15 is 0 Å². The molecule has 2 amide bonds. The zero-order valence-corrected chi connectivity index (χ0v) is 18.7. The van der Waals surface area contributed by atoms with Crippen molar-refractivity contribution in [2.45, 2.75) is 19.3 Å². The molecule has 3 N–H and O–H groups in total. The molecule has 0 fully saturated rings. The molecule has 2 aromatic rings. The molecule has 9 heteroatoms. The van der Waals surface area contributed by atoms with E-state index in [4.69, 9.17) is 21.7 Å². The number of carbonyl (C=O) groups excluding carboxylic acids is 3. The number of hydrogen-bond donors (Lipinski definition) is 3. The molecule has 0 aliphatic rings. The highest BCUT2D eigenvalue weighted by atomic mass is 32.1. The Hall–Kier alpha value is -3.30. The Morgan fingerprint density at radius 2 is 1.75 bits per heavy atom. The number of methoxy groups -OCH3 is 1. The Bertz CT molecular complexity index is 921. The number of ether oxygens (including phenoxy) is 2. The number of thiocarbonyl (C=S) groups is 1. The van der Waals surface area contributed by atoms with Crippen molar-refractivity contribution in [1.29, 1.82) is 0 Å². The molecule has 0 saturated carbocycles. The van der Waals surface area contributed by atoms with Crippen LogP contribution in [0.2, 0.25) is 0 Å². The van der Waals surface area contributed by atoms with Gasteiger partial charge in [-0.15, -0.1) is 0 Å². The molecule has 8 nitrogen and oxygen atoms in total. The summed E-state index contributed by atoms with van der Waals surface area (Å²) in [6, 6.07) is 16.4.